The summed E-state index contributed by atoms with van der Waals surface area (Å²) in [6, 6.07) is 12.9. The summed E-state index contributed by atoms with van der Waals surface area (Å²) < 4.78 is 0. The van der Waals surface area contributed by atoms with E-state index in [-0.39, 0.29) is 0 Å². The first-order valence-electron chi connectivity index (χ1n) is 5.81. The number of aldehydes is 1. The molecule has 2 aromatic rings. The van der Waals surface area contributed by atoms with Crippen molar-refractivity contribution in [1.29, 1.82) is 0 Å². The van der Waals surface area contributed by atoms with Crippen LogP contribution in [-0.2, 0) is 6.54 Å². The van der Waals surface area contributed by atoms with Crippen molar-refractivity contribution < 1.29 is 4.79 Å². The second kappa shape index (κ2) is 6.09. The molecule has 0 amide bonds. The maximum atomic E-state index is 10.7. The fourth-order valence-electron chi connectivity index (χ4n) is 1.87. The molecule has 0 radical (unpaired) electrons. The highest BCUT2D eigenvalue weighted by molar-refractivity contribution is 6.33. The second-order valence-electron chi connectivity index (χ2n) is 4.28. The van der Waals surface area contributed by atoms with Gasteiger partial charge in [0.15, 0.2) is 0 Å². The first-order valence-corrected chi connectivity index (χ1v) is 6.56. The van der Waals surface area contributed by atoms with Crippen molar-refractivity contribution >= 4 is 35.2 Å². The van der Waals surface area contributed by atoms with Crippen LogP contribution in [0.3, 0.4) is 0 Å². The maximum Gasteiger partial charge on any atom is 0.150 e. The molecule has 0 heterocycles. The van der Waals surface area contributed by atoms with E-state index in [0.717, 1.165) is 22.6 Å². The number of rotatable bonds is 4. The Bertz CT molecular complexity index is 598. The van der Waals surface area contributed by atoms with Gasteiger partial charge < -0.3 is 4.90 Å². The van der Waals surface area contributed by atoms with Crippen LogP contribution in [0.15, 0.2) is 42.5 Å². The first-order chi connectivity index (χ1) is 9.11. The molecule has 0 bridgehead atoms. The van der Waals surface area contributed by atoms with Gasteiger partial charge in [0.05, 0.1) is 10.7 Å². The molecule has 0 spiro atoms. The van der Waals surface area contributed by atoms with E-state index in [9.17, 15) is 4.79 Å². The standard InChI is InChI=1S/C15H13Cl2NO/c1-18(9-12-4-2-3-5-13(12)16)15-7-6-11(10-19)8-14(15)17/h2-8,10H,9H2,1H3. The van der Waals surface area contributed by atoms with E-state index in [2.05, 4.69) is 0 Å². The molecular weight excluding hydrogens is 281 g/mol. The van der Waals surface area contributed by atoms with Crippen LogP contribution in [0.2, 0.25) is 10.0 Å². The quantitative estimate of drug-likeness (QED) is 0.777. The Morgan fingerprint density at radius 1 is 1.11 bits per heavy atom. The minimum Gasteiger partial charge on any atom is -0.369 e. The summed E-state index contributed by atoms with van der Waals surface area (Å²) in [5.41, 5.74) is 2.47. The zero-order valence-electron chi connectivity index (χ0n) is 10.4. The van der Waals surface area contributed by atoms with Crippen molar-refractivity contribution in [3.05, 3.63) is 63.6 Å². The Kier molecular flexibility index (Phi) is 4.46. The largest absolute Gasteiger partial charge is 0.369 e. The molecule has 0 aromatic heterocycles. The third kappa shape index (κ3) is 3.28. The van der Waals surface area contributed by atoms with Crippen LogP contribution in [0.1, 0.15) is 15.9 Å². The molecule has 0 saturated heterocycles. The highest BCUT2D eigenvalue weighted by atomic mass is 35.5. The highest BCUT2D eigenvalue weighted by Gasteiger charge is 2.09. The predicted molar refractivity (Wildman–Crippen MR) is 80.4 cm³/mol. The van der Waals surface area contributed by atoms with Gasteiger partial charge in [-0.05, 0) is 29.8 Å². The van der Waals surface area contributed by atoms with Crippen molar-refractivity contribution in [3.63, 3.8) is 0 Å². The van der Waals surface area contributed by atoms with Crippen molar-refractivity contribution in [1.82, 2.24) is 0 Å². The summed E-state index contributed by atoms with van der Waals surface area (Å²) in [7, 11) is 1.94. The van der Waals surface area contributed by atoms with Crippen molar-refractivity contribution in [2.75, 3.05) is 11.9 Å². The molecule has 0 aliphatic heterocycles. The lowest BCUT2D eigenvalue weighted by atomic mass is 10.2. The molecule has 0 aliphatic carbocycles. The number of hydrogen-bond donors (Lipinski definition) is 0. The molecule has 0 unspecified atom stereocenters. The van der Waals surface area contributed by atoms with Gasteiger partial charge in [-0.1, -0.05) is 41.4 Å². The number of carbonyl (C=O) groups is 1. The van der Waals surface area contributed by atoms with Gasteiger partial charge >= 0.3 is 0 Å². The van der Waals surface area contributed by atoms with Gasteiger partial charge in [-0.25, -0.2) is 0 Å². The summed E-state index contributed by atoms with van der Waals surface area (Å²) in [4.78, 5) is 12.7. The zero-order chi connectivity index (χ0) is 13.8. The van der Waals surface area contributed by atoms with Gasteiger partial charge in [-0.15, -0.1) is 0 Å². The molecule has 0 aliphatic rings. The molecule has 0 N–H and O–H groups in total. The predicted octanol–water partition coefficient (Wildman–Crippen LogP) is 4.44. The van der Waals surface area contributed by atoms with E-state index in [1.807, 2.05) is 42.3 Å². The third-order valence-corrected chi connectivity index (χ3v) is 3.56. The number of halogens is 2. The SMILES string of the molecule is CN(Cc1ccccc1Cl)c1ccc(C=O)cc1Cl. The summed E-state index contributed by atoms with van der Waals surface area (Å²) in [6.45, 7) is 0.653. The van der Waals surface area contributed by atoms with Gasteiger partial charge in [0.2, 0.25) is 0 Å². The molecule has 0 saturated carbocycles. The zero-order valence-corrected chi connectivity index (χ0v) is 11.9. The van der Waals surface area contributed by atoms with Crippen LogP contribution >= 0.6 is 23.2 Å². The summed E-state index contributed by atoms with van der Waals surface area (Å²) in [6.07, 6.45) is 0.781. The topological polar surface area (TPSA) is 20.3 Å². The lowest BCUT2D eigenvalue weighted by molar-refractivity contribution is 0.112. The third-order valence-electron chi connectivity index (χ3n) is 2.88. The molecular formula is C15H13Cl2NO. The fourth-order valence-corrected chi connectivity index (χ4v) is 2.40. The summed E-state index contributed by atoms with van der Waals surface area (Å²) in [5.74, 6) is 0. The average molecular weight is 294 g/mol. The minimum atomic E-state index is 0.555. The van der Waals surface area contributed by atoms with Crippen LogP contribution in [-0.4, -0.2) is 13.3 Å². The normalized spacial score (nSPS) is 10.3. The monoisotopic (exact) mass is 293 g/mol. The Labute approximate surface area is 122 Å². The molecule has 4 heteroatoms. The summed E-state index contributed by atoms with van der Waals surface area (Å²) in [5, 5.41) is 1.29. The molecule has 2 aromatic carbocycles. The van der Waals surface area contributed by atoms with Crippen LogP contribution in [0.4, 0.5) is 5.69 Å². The maximum absolute atomic E-state index is 10.7. The summed E-state index contributed by atoms with van der Waals surface area (Å²) >= 11 is 12.3. The Morgan fingerprint density at radius 3 is 2.47 bits per heavy atom. The number of hydrogen-bond acceptors (Lipinski definition) is 2. The van der Waals surface area contributed by atoms with E-state index in [4.69, 9.17) is 23.2 Å². The van der Waals surface area contributed by atoms with E-state index in [1.165, 1.54) is 0 Å². The van der Waals surface area contributed by atoms with Gasteiger partial charge in [-0.2, -0.15) is 0 Å². The Morgan fingerprint density at radius 2 is 1.84 bits per heavy atom. The molecule has 0 fully saturated rings. The number of carbonyl (C=O) groups excluding carboxylic acids is 1. The van der Waals surface area contributed by atoms with E-state index in [0.29, 0.717) is 17.1 Å². The van der Waals surface area contributed by atoms with Gasteiger partial charge in [-0.3, -0.25) is 4.79 Å². The minimum absolute atomic E-state index is 0.555. The Hall–Kier alpha value is -1.51. The smallest absolute Gasteiger partial charge is 0.150 e. The Balaban J connectivity index is 2.23. The van der Waals surface area contributed by atoms with Gasteiger partial charge in [0, 0.05) is 24.2 Å². The average Bonchev–Trinajstić information content (AvgIpc) is 2.41. The highest BCUT2D eigenvalue weighted by Crippen LogP contribution is 2.28. The number of nitrogens with zero attached hydrogens (tertiary/aromatic N) is 1. The van der Waals surface area contributed by atoms with Crippen molar-refractivity contribution in [2.24, 2.45) is 0 Å². The van der Waals surface area contributed by atoms with Crippen molar-refractivity contribution in [2.45, 2.75) is 6.54 Å². The van der Waals surface area contributed by atoms with Gasteiger partial charge in [0.1, 0.15) is 6.29 Å². The molecule has 2 rings (SSSR count). The van der Waals surface area contributed by atoms with Crippen LogP contribution in [0.25, 0.3) is 0 Å². The van der Waals surface area contributed by atoms with Crippen LogP contribution in [0.5, 0.6) is 0 Å². The number of benzene rings is 2. The fraction of sp³-hybridized carbons (Fsp3) is 0.133. The first kappa shape index (κ1) is 13.9. The van der Waals surface area contributed by atoms with E-state index < -0.39 is 0 Å². The molecule has 0 atom stereocenters. The lowest BCUT2D eigenvalue weighted by Crippen LogP contribution is -2.17. The molecule has 98 valence electrons. The molecule has 2 nitrogen and oxygen atoms in total. The van der Waals surface area contributed by atoms with Crippen LogP contribution in [0, 0.1) is 0 Å². The van der Waals surface area contributed by atoms with Gasteiger partial charge in [0.25, 0.3) is 0 Å². The lowest BCUT2D eigenvalue weighted by Gasteiger charge is -2.21. The number of anilines is 1. The van der Waals surface area contributed by atoms with Crippen molar-refractivity contribution in [3.8, 4) is 0 Å². The second-order valence-corrected chi connectivity index (χ2v) is 5.09. The van der Waals surface area contributed by atoms with E-state index >= 15 is 0 Å². The molecule has 19 heavy (non-hydrogen) atoms. The van der Waals surface area contributed by atoms with Crippen LogP contribution < -0.4 is 4.90 Å². The van der Waals surface area contributed by atoms with E-state index in [1.54, 1.807) is 12.1 Å².